The number of carbonyl (C=O) groups is 1. The molecular weight excluding hydrogens is 491 g/mol. The van der Waals surface area contributed by atoms with E-state index in [0.717, 1.165) is 18.3 Å². The summed E-state index contributed by atoms with van der Waals surface area (Å²) in [5.41, 5.74) is -2.85. The molecule has 0 spiro atoms. The first-order valence-electron chi connectivity index (χ1n) is 10.7. The number of benzene rings is 1. The van der Waals surface area contributed by atoms with Crippen LogP contribution in [0.25, 0.3) is 10.9 Å². The van der Waals surface area contributed by atoms with Crippen LogP contribution < -0.4 is 5.32 Å². The molecule has 188 valence electrons. The summed E-state index contributed by atoms with van der Waals surface area (Å²) in [6.07, 6.45) is -6.11. The number of fused-ring (bicyclic) bond motifs is 1. The van der Waals surface area contributed by atoms with Crippen molar-refractivity contribution >= 4 is 16.8 Å². The van der Waals surface area contributed by atoms with Crippen molar-refractivity contribution in [2.45, 2.75) is 25.3 Å². The SMILES string of the molecule is CC1C=C(C(F)(F)F)C(F)=CC1C(NC(=O)c1ccc2cccnc2c1)c1ncccc1C(F)(F)F. The van der Waals surface area contributed by atoms with Gasteiger partial charge in [0.05, 0.1) is 28.4 Å². The van der Waals surface area contributed by atoms with Crippen molar-refractivity contribution < 1.29 is 35.5 Å². The van der Waals surface area contributed by atoms with Crippen molar-refractivity contribution in [1.82, 2.24) is 15.3 Å². The summed E-state index contributed by atoms with van der Waals surface area (Å²) < 4.78 is 95.5. The van der Waals surface area contributed by atoms with Crippen LogP contribution in [-0.4, -0.2) is 22.1 Å². The number of alkyl halides is 6. The topological polar surface area (TPSA) is 54.9 Å². The van der Waals surface area contributed by atoms with Crippen LogP contribution in [0.1, 0.15) is 34.6 Å². The van der Waals surface area contributed by atoms with Crippen molar-refractivity contribution in [2.75, 3.05) is 0 Å². The number of halogens is 7. The van der Waals surface area contributed by atoms with Crippen LogP contribution in [-0.2, 0) is 6.18 Å². The second-order valence-electron chi connectivity index (χ2n) is 8.33. The zero-order chi connectivity index (χ0) is 26.3. The fraction of sp³-hybridized carbons (Fsp3) is 0.240. The Morgan fingerprint density at radius 3 is 2.33 bits per heavy atom. The first-order valence-corrected chi connectivity index (χ1v) is 10.7. The molecule has 0 aliphatic heterocycles. The summed E-state index contributed by atoms with van der Waals surface area (Å²) in [7, 11) is 0. The van der Waals surface area contributed by atoms with Crippen LogP contribution in [0, 0.1) is 11.8 Å². The van der Waals surface area contributed by atoms with Gasteiger partial charge in [0.25, 0.3) is 5.91 Å². The molecule has 1 N–H and O–H groups in total. The van der Waals surface area contributed by atoms with Gasteiger partial charge in [0, 0.05) is 29.3 Å². The second kappa shape index (κ2) is 9.36. The van der Waals surface area contributed by atoms with E-state index in [1.165, 1.54) is 25.3 Å². The van der Waals surface area contributed by atoms with Gasteiger partial charge in [-0.05, 0) is 42.3 Å². The molecule has 0 fully saturated rings. The molecule has 0 bridgehead atoms. The molecule has 0 saturated heterocycles. The number of aromatic nitrogens is 2. The minimum atomic E-state index is -4.99. The van der Waals surface area contributed by atoms with Gasteiger partial charge in [-0.1, -0.05) is 25.1 Å². The maximum absolute atomic E-state index is 14.5. The normalized spacial score (nSPS) is 19.4. The second-order valence-corrected chi connectivity index (χ2v) is 8.33. The van der Waals surface area contributed by atoms with E-state index in [-0.39, 0.29) is 5.56 Å². The fourth-order valence-electron chi connectivity index (χ4n) is 4.18. The van der Waals surface area contributed by atoms with E-state index >= 15 is 0 Å². The molecular formula is C25H18F7N3O. The third-order valence-electron chi connectivity index (χ3n) is 5.92. The summed E-state index contributed by atoms with van der Waals surface area (Å²) in [6, 6.07) is 8.07. The molecule has 4 rings (SSSR count). The lowest BCUT2D eigenvalue weighted by atomic mass is 9.79. The van der Waals surface area contributed by atoms with Gasteiger partial charge in [-0.3, -0.25) is 14.8 Å². The first-order chi connectivity index (χ1) is 16.9. The van der Waals surface area contributed by atoms with Gasteiger partial charge in [-0.25, -0.2) is 4.39 Å². The average molecular weight is 509 g/mol. The van der Waals surface area contributed by atoms with E-state index in [2.05, 4.69) is 15.3 Å². The lowest BCUT2D eigenvalue weighted by Crippen LogP contribution is -2.38. The number of carbonyl (C=O) groups excluding carboxylic acids is 1. The standard InChI is InChI=1S/C25H18F7N3O/c1-13-10-18(25(30,31)32)19(26)12-16(13)21(22-17(24(27,28)29)5-3-9-34-22)35-23(36)15-7-6-14-4-2-8-33-20(14)11-15/h2-13,16,21H,1H3,(H,35,36). The predicted octanol–water partition coefficient (Wildman–Crippen LogP) is 6.73. The first kappa shape index (κ1) is 25.3. The number of rotatable bonds is 4. The van der Waals surface area contributed by atoms with Crippen molar-refractivity contribution in [3.63, 3.8) is 0 Å². The Morgan fingerprint density at radius 2 is 1.64 bits per heavy atom. The van der Waals surface area contributed by atoms with Crippen LogP contribution in [0.15, 0.2) is 78.4 Å². The number of hydrogen-bond donors (Lipinski definition) is 1. The minimum Gasteiger partial charge on any atom is -0.343 e. The highest BCUT2D eigenvalue weighted by atomic mass is 19.4. The van der Waals surface area contributed by atoms with Crippen LogP contribution >= 0.6 is 0 Å². The summed E-state index contributed by atoms with van der Waals surface area (Å²) >= 11 is 0. The lowest BCUT2D eigenvalue weighted by Gasteiger charge is -2.33. The Hall–Kier alpha value is -3.76. The maximum atomic E-state index is 14.5. The fourth-order valence-corrected chi connectivity index (χ4v) is 4.18. The molecule has 1 aromatic carbocycles. The Labute approximate surface area is 200 Å². The van der Waals surface area contributed by atoms with Crippen molar-refractivity contribution in [3.8, 4) is 0 Å². The molecule has 1 aliphatic carbocycles. The van der Waals surface area contributed by atoms with E-state index in [9.17, 15) is 35.5 Å². The number of pyridine rings is 2. The zero-order valence-corrected chi connectivity index (χ0v) is 18.5. The quantitative estimate of drug-likeness (QED) is 0.397. The molecule has 3 aromatic rings. The molecule has 2 heterocycles. The van der Waals surface area contributed by atoms with E-state index in [1.54, 1.807) is 18.2 Å². The number of amides is 1. The highest BCUT2D eigenvalue weighted by molar-refractivity contribution is 5.98. The Morgan fingerprint density at radius 1 is 0.944 bits per heavy atom. The molecule has 2 aromatic heterocycles. The molecule has 11 heteroatoms. The van der Waals surface area contributed by atoms with Gasteiger partial charge in [-0.2, -0.15) is 26.3 Å². The number of hydrogen-bond acceptors (Lipinski definition) is 3. The maximum Gasteiger partial charge on any atom is 0.418 e. The van der Waals surface area contributed by atoms with Gasteiger partial charge in [-0.15, -0.1) is 0 Å². The van der Waals surface area contributed by atoms with Crippen LogP contribution in [0.5, 0.6) is 0 Å². The Balaban J connectivity index is 1.78. The van der Waals surface area contributed by atoms with Crippen molar-refractivity contribution in [2.24, 2.45) is 11.8 Å². The third-order valence-corrected chi connectivity index (χ3v) is 5.92. The Kier molecular flexibility index (Phi) is 6.59. The molecule has 1 amide bonds. The highest BCUT2D eigenvalue weighted by Crippen LogP contribution is 2.44. The lowest BCUT2D eigenvalue weighted by molar-refractivity contribution is -0.138. The molecule has 1 aliphatic rings. The van der Waals surface area contributed by atoms with Crippen LogP contribution in [0.3, 0.4) is 0 Å². The Bertz CT molecular complexity index is 1360. The van der Waals surface area contributed by atoms with E-state index in [0.29, 0.717) is 23.1 Å². The molecule has 3 unspecified atom stereocenters. The average Bonchev–Trinajstić information content (AvgIpc) is 2.82. The smallest absolute Gasteiger partial charge is 0.343 e. The zero-order valence-electron chi connectivity index (χ0n) is 18.5. The van der Waals surface area contributed by atoms with Gasteiger partial charge in [0.1, 0.15) is 5.83 Å². The van der Waals surface area contributed by atoms with E-state index in [1.807, 2.05) is 0 Å². The monoisotopic (exact) mass is 509 g/mol. The van der Waals surface area contributed by atoms with Crippen LogP contribution in [0.2, 0.25) is 0 Å². The number of nitrogens with zero attached hydrogens (tertiary/aromatic N) is 2. The summed E-state index contributed by atoms with van der Waals surface area (Å²) in [6.45, 7) is 1.30. The van der Waals surface area contributed by atoms with Crippen LogP contribution in [0.4, 0.5) is 30.7 Å². The summed E-state index contributed by atoms with van der Waals surface area (Å²) in [4.78, 5) is 21.1. The minimum absolute atomic E-state index is 0.0510. The van der Waals surface area contributed by atoms with E-state index in [4.69, 9.17) is 0 Å². The molecule has 3 atom stereocenters. The molecule has 4 nitrogen and oxygen atoms in total. The third kappa shape index (κ3) is 5.09. The molecule has 0 saturated carbocycles. The van der Waals surface area contributed by atoms with Gasteiger partial charge in [0.2, 0.25) is 0 Å². The van der Waals surface area contributed by atoms with Gasteiger partial charge in [0.15, 0.2) is 0 Å². The number of nitrogens with one attached hydrogen (secondary N) is 1. The van der Waals surface area contributed by atoms with Gasteiger partial charge >= 0.3 is 12.4 Å². The largest absolute Gasteiger partial charge is 0.418 e. The highest BCUT2D eigenvalue weighted by Gasteiger charge is 2.44. The predicted molar refractivity (Wildman–Crippen MR) is 117 cm³/mol. The molecule has 0 radical (unpaired) electrons. The molecule has 36 heavy (non-hydrogen) atoms. The van der Waals surface area contributed by atoms with Gasteiger partial charge < -0.3 is 5.32 Å². The van der Waals surface area contributed by atoms with E-state index < -0.39 is 58.8 Å². The number of allylic oxidation sites excluding steroid dienone is 3. The van der Waals surface area contributed by atoms with Crippen molar-refractivity contribution in [3.05, 3.63) is 95.2 Å². The van der Waals surface area contributed by atoms with Crippen molar-refractivity contribution in [1.29, 1.82) is 0 Å². The summed E-state index contributed by atoms with van der Waals surface area (Å²) in [5.74, 6) is -4.84. The summed E-state index contributed by atoms with van der Waals surface area (Å²) in [5, 5.41) is 3.16.